The van der Waals surface area contributed by atoms with E-state index in [1.54, 1.807) is 11.3 Å². The van der Waals surface area contributed by atoms with Gasteiger partial charge in [0.05, 0.1) is 6.04 Å². The zero-order valence-corrected chi connectivity index (χ0v) is 10.6. The monoisotopic (exact) mass is 226 g/mol. The van der Waals surface area contributed by atoms with Crippen LogP contribution in [0.3, 0.4) is 0 Å². The lowest BCUT2D eigenvalue weighted by Gasteiger charge is -2.15. The summed E-state index contributed by atoms with van der Waals surface area (Å²) in [5.74, 6) is 0. The van der Waals surface area contributed by atoms with E-state index in [9.17, 15) is 0 Å². The van der Waals surface area contributed by atoms with Gasteiger partial charge in [0.15, 0.2) is 0 Å². The smallest absolute Gasteiger partial charge is 0.109 e. The Morgan fingerprint density at radius 3 is 2.80 bits per heavy atom. The van der Waals surface area contributed by atoms with Crippen molar-refractivity contribution in [3.8, 4) is 0 Å². The first kappa shape index (κ1) is 12.7. The summed E-state index contributed by atoms with van der Waals surface area (Å²) in [6.07, 6.45) is 8.24. The second kappa shape index (κ2) is 7.83. The topological polar surface area (TPSA) is 24.9 Å². The second-order valence-electron chi connectivity index (χ2n) is 3.87. The first-order valence-corrected chi connectivity index (χ1v) is 6.89. The number of nitrogens with zero attached hydrogens (tertiary/aromatic N) is 1. The van der Waals surface area contributed by atoms with Crippen LogP contribution in [-0.2, 0) is 0 Å². The van der Waals surface area contributed by atoms with Crippen LogP contribution in [0.25, 0.3) is 0 Å². The molecule has 3 heteroatoms. The third kappa shape index (κ3) is 4.76. The first-order chi connectivity index (χ1) is 7.38. The Morgan fingerprint density at radius 2 is 2.20 bits per heavy atom. The molecular weight excluding hydrogens is 204 g/mol. The van der Waals surface area contributed by atoms with Crippen molar-refractivity contribution in [2.45, 2.75) is 52.0 Å². The van der Waals surface area contributed by atoms with E-state index in [0.717, 1.165) is 6.54 Å². The summed E-state index contributed by atoms with van der Waals surface area (Å²) >= 11 is 1.77. The minimum Gasteiger partial charge on any atom is -0.308 e. The van der Waals surface area contributed by atoms with E-state index >= 15 is 0 Å². The van der Waals surface area contributed by atoms with Crippen LogP contribution < -0.4 is 5.32 Å². The fourth-order valence-corrected chi connectivity index (χ4v) is 2.38. The fourth-order valence-electron chi connectivity index (χ4n) is 1.64. The zero-order chi connectivity index (χ0) is 10.9. The van der Waals surface area contributed by atoms with Gasteiger partial charge in [-0.3, -0.25) is 0 Å². The molecule has 0 amide bonds. The maximum Gasteiger partial charge on any atom is 0.109 e. The van der Waals surface area contributed by atoms with Gasteiger partial charge in [0.2, 0.25) is 0 Å². The Hall–Kier alpha value is -0.410. The van der Waals surface area contributed by atoms with E-state index in [1.807, 2.05) is 6.20 Å². The van der Waals surface area contributed by atoms with Crippen LogP contribution in [-0.4, -0.2) is 11.5 Å². The van der Waals surface area contributed by atoms with E-state index < -0.39 is 0 Å². The molecule has 0 aromatic carbocycles. The highest BCUT2D eigenvalue weighted by atomic mass is 32.1. The van der Waals surface area contributed by atoms with Crippen molar-refractivity contribution in [1.82, 2.24) is 10.3 Å². The van der Waals surface area contributed by atoms with Gasteiger partial charge in [0.1, 0.15) is 5.01 Å². The zero-order valence-electron chi connectivity index (χ0n) is 9.83. The van der Waals surface area contributed by atoms with E-state index in [0.29, 0.717) is 6.04 Å². The standard InChI is InChI=1S/C12H22N2S/c1-3-5-6-7-11(13-8-4-2)12-14-9-10-15-12/h9-11,13H,3-8H2,1-2H3. The average Bonchev–Trinajstić information content (AvgIpc) is 2.76. The van der Waals surface area contributed by atoms with Gasteiger partial charge in [0, 0.05) is 11.6 Å². The van der Waals surface area contributed by atoms with Gasteiger partial charge < -0.3 is 5.32 Å². The molecule has 1 aromatic rings. The summed E-state index contributed by atoms with van der Waals surface area (Å²) in [5.41, 5.74) is 0. The molecule has 0 saturated carbocycles. The van der Waals surface area contributed by atoms with Crippen LogP contribution in [0.2, 0.25) is 0 Å². The van der Waals surface area contributed by atoms with Gasteiger partial charge in [-0.15, -0.1) is 11.3 Å². The van der Waals surface area contributed by atoms with Gasteiger partial charge in [-0.25, -0.2) is 4.98 Å². The number of aromatic nitrogens is 1. The Balaban J connectivity index is 2.39. The Morgan fingerprint density at radius 1 is 1.33 bits per heavy atom. The minimum absolute atomic E-state index is 0.483. The molecule has 0 bridgehead atoms. The number of thiazole rings is 1. The molecule has 1 heterocycles. The summed E-state index contributed by atoms with van der Waals surface area (Å²) in [6.45, 7) is 5.55. The molecule has 0 spiro atoms. The lowest BCUT2D eigenvalue weighted by atomic mass is 10.1. The molecule has 2 nitrogen and oxygen atoms in total. The number of nitrogens with one attached hydrogen (secondary N) is 1. The summed E-state index contributed by atoms with van der Waals surface area (Å²) in [6, 6.07) is 0.483. The molecule has 1 rings (SSSR count). The second-order valence-corrected chi connectivity index (χ2v) is 4.80. The largest absolute Gasteiger partial charge is 0.308 e. The van der Waals surface area contributed by atoms with Crippen molar-refractivity contribution in [2.75, 3.05) is 6.54 Å². The highest BCUT2D eigenvalue weighted by Crippen LogP contribution is 2.21. The van der Waals surface area contributed by atoms with Crippen LogP contribution in [0.1, 0.15) is 57.0 Å². The Kier molecular flexibility index (Phi) is 6.60. The molecule has 0 aliphatic rings. The van der Waals surface area contributed by atoms with Gasteiger partial charge in [0.25, 0.3) is 0 Å². The normalized spacial score (nSPS) is 12.9. The maximum absolute atomic E-state index is 4.40. The van der Waals surface area contributed by atoms with Crippen LogP contribution in [0.5, 0.6) is 0 Å². The molecule has 1 N–H and O–H groups in total. The highest BCUT2D eigenvalue weighted by Gasteiger charge is 2.11. The van der Waals surface area contributed by atoms with Gasteiger partial charge >= 0.3 is 0 Å². The Bertz CT molecular complexity index is 234. The van der Waals surface area contributed by atoms with E-state index in [-0.39, 0.29) is 0 Å². The molecule has 1 atom stereocenters. The first-order valence-electron chi connectivity index (χ1n) is 6.01. The van der Waals surface area contributed by atoms with Crippen molar-refractivity contribution in [2.24, 2.45) is 0 Å². The summed E-state index contributed by atoms with van der Waals surface area (Å²) in [4.78, 5) is 4.40. The molecule has 86 valence electrons. The van der Waals surface area contributed by atoms with Crippen LogP contribution >= 0.6 is 11.3 Å². The summed E-state index contributed by atoms with van der Waals surface area (Å²) in [5, 5.41) is 6.89. The molecule has 0 fully saturated rings. The number of unbranched alkanes of at least 4 members (excludes halogenated alkanes) is 2. The van der Waals surface area contributed by atoms with Crippen molar-refractivity contribution in [3.05, 3.63) is 16.6 Å². The van der Waals surface area contributed by atoms with E-state index in [4.69, 9.17) is 0 Å². The van der Waals surface area contributed by atoms with Crippen LogP contribution in [0.4, 0.5) is 0 Å². The van der Waals surface area contributed by atoms with Crippen molar-refractivity contribution in [3.63, 3.8) is 0 Å². The van der Waals surface area contributed by atoms with Gasteiger partial charge in [-0.2, -0.15) is 0 Å². The SMILES string of the molecule is CCCCCC(NCCC)c1nccs1. The van der Waals surface area contributed by atoms with Crippen LogP contribution in [0, 0.1) is 0 Å². The third-order valence-corrected chi connectivity index (χ3v) is 3.38. The van der Waals surface area contributed by atoms with E-state index in [1.165, 1.54) is 37.1 Å². The minimum atomic E-state index is 0.483. The van der Waals surface area contributed by atoms with Crippen molar-refractivity contribution < 1.29 is 0 Å². The molecule has 0 radical (unpaired) electrons. The molecular formula is C12H22N2S. The molecule has 15 heavy (non-hydrogen) atoms. The predicted octanol–water partition coefficient (Wildman–Crippen LogP) is 3.76. The molecule has 0 saturated heterocycles. The molecule has 0 aliphatic heterocycles. The van der Waals surface area contributed by atoms with E-state index in [2.05, 4.69) is 29.5 Å². The van der Waals surface area contributed by atoms with Gasteiger partial charge in [-0.05, 0) is 19.4 Å². The summed E-state index contributed by atoms with van der Waals surface area (Å²) in [7, 11) is 0. The fraction of sp³-hybridized carbons (Fsp3) is 0.750. The third-order valence-electron chi connectivity index (χ3n) is 2.49. The Labute approximate surface area is 97.1 Å². The van der Waals surface area contributed by atoms with Crippen LogP contribution in [0.15, 0.2) is 11.6 Å². The lowest BCUT2D eigenvalue weighted by Crippen LogP contribution is -2.21. The number of hydrogen-bond donors (Lipinski definition) is 1. The highest BCUT2D eigenvalue weighted by molar-refractivity contribution is 7.09. The molecule has 0 aliphatic carbocycles. The molecule has 1 unspecified atom stereocenters. The van der Waals surface area contributed by atoms with Gasteiger partial charge in [-0.1, -0.05) is 33.1 Å². The number of hydrogen-bond acceptors (Lipinski definition) is 3. The molecule has 1 aromatic heterocycles. The quantitative estimate of drug-likeness (QED) is 0.683. The average molecular weight is 226 g/mol. The maximum atomic E-state index is 4.40. The summed E-state index contributed by atoms with van der Waals surface area (Å²) < 4.78 is 0. The lowest BCUT2D eigenvalue weighted by molar-refractivity contribution is 0.473. The predicted molar refractivity (Wildman–Crippen MR) is 67.3 cm³/mol. The van der Waals surface area contributed by atoms with Crippen molar-refractivity contribution >= 4 is 11.3 Å². The number of rotatable bonds is 8. The van der Waals surface area contributed by atoms with Crippen molar-refractivity contribution in [1.29, 1.82) is 0 Å².